The van der Waals surface area contributed by atoms with E-state index in [0.717, 1.165) is 6.07 Å². The highest BCUT2D eigenvalue weighted by Gasteiger charge is 2.08. The molecule has 0 heterocycles. The fourth-order valence-corrected chi connectivity index (χ4v) is 1.25. The zero-order valence-electron chi connectivity index (χ0n) is 10.0. The molecular weight excluding hydrogens is 242 g/mol. The molecule has 18 heavy (non-hydrogen) atoms. The standard InChI is InChI=1S/C11H16F2N4O/c1-18-7-3-6-15-11(17-14)16-9-5-2-4-8(12)10(9)13/h2,4-5H,3,6-7,14H2,1H3,(H2,15,16,17). The zero-order valence-corrected chi connectivity index (χ0v) is 10.0. The fraction of sp³-hybridized carbons (Fsp3) is 0.364. The van der Waals surface area contributed by atoms with E-state index in [1.807, 2.05) is 0 Å². The molecule has 0 spiro atoms. The summed E-state index contributed by atoms with van der Waals surface area (Å²) in [6.07, 6.45) is 0.703. The third kappa shape index (κ3) is 4.27. The number of nitrogens with two attached hydrogens (primary N) is 1. The third-order valence-corrected chi connectivity index (χ3v) is 2.12. The number of nitrogens with one attached hydrogen (secondary N) is 2. The van der Waals surface area contributed by atoms with Crippen LogP contribution in [0, 0.1) is 11.6 Å². The predicted octanol–water partition coefficient (Wildman–Crippen LogP) is 1.23. The molecule has 0 atom stereocenters. The number of hydrogen-bond acceptors (Lipinski definition) is 3. The molecule has 1 rings (SSSR count). The van der Waals surface area contributed by atoms with Gasteiger partial charge in [-0.3, -0.25) is 10.4 Å². The van der Waals surface area contributed by atoms with E-state index in [1.165, 1.54) is 12.1 Å². The van der Waals surface area contributed by atoms with Crippen molar-refractivity contribution in [3.63, 3.8) is 0 Å². The highest BCUT2D eigenvalue weighted by Crippen LogP contribution is 2.16. The number of aliphatic imine (C=N–C) groups is 1. The molecule has 1 aromatic rings. The van der Waals surface area contributed by atoms with Gasteiger partial charge in [0.25, 0.3) is 0 Å². The number of guanidine groups is 1. The molecule has 1 aromatic carbocycles. The number of halogens is 2. The van der Waals surface area contributed by atoms with Crippen LogP contribution in [-0.4, -0.2) is 26.2 Å². The number of hydrazine groups is 1. The van der Waals surface area contributed by atoms with Crippen molar-refractivity contribution >= 4 is 11.6 Å². The van der Waals surface area contributed by atoms with E-state index < -0.39 is 11.6 Å². The molecule has 0 amide bonds. The van der Waals surface area contributed by atoms with E-state index in [4.69, 9.17) is 10.6 Å². The Balaban J connectivity index is 2.65. The number of benzene rings is 1. The Hall–Kier alpha value is -1.73. The maximum atomic E-state index is 13.4. The fourth-order valence-electron chi connectivity index (χ4n) is 1.25. The predicted molar refractivity (Wildman–Crippen MR) is 66.1 cm³/mol. The normalized spacial score (nSPS) is 11.4. The van der Waals surface area contributed by atoms with Crippen molar-refractivity contribution in [1.29, 1.82) is 0 Å². The van der Waals surface area contributed by atoms with Crippen molar-refractivity contribution in [1.82, 2.24) is 5.43 Å². The molecular formula is C11H16F2N4O. The van der Waals surface area contributed by atoms with E-state index in [1.54, 1.807) is 7.11 Å². The van der Waals surface area contributed by atoms with Gasteiger partial charge in [0, 0.05) is 20.3 Å². The molecule has 100 valence electrons. The molecule has 0 saturated carbocycles. The van der Waals surface area contributed by atoms with Gasteiger partial charge in [0.2, 0.25) is 5.96 Å². The lowest BCUT2D eigenvalue weighted by Gasteiger charge is -2.10. The van der Waals surface area contributed by atoms with E-state index in [9.17, 15) is 8.78 Å². The Morgan fingerprint density at radius 2 is 2.22 bits per heavy atom. The van der Waals surface area contributed by atoms with Gasteiger partial charge < -0.3 is 10.1 Å². The van der Waals surface area contributed by atoms with Gasteiger partial charge in [-0.2, -0.15) is 0 Å². The van der Waals surface area contributed by atoms with Crippen LogP contribution >= 0.6 is 0 Å². The maximum absolute atomic E-state index is 13.4. The molecule has 0 aliphatic rings. The number of anilines is 1. The summed E-state index contributed by atoms with van der Waals surface area (Å²) in [5.41, 5.74) is 2.25. The Labute approximate surface area is 104 Å². The van der Waals surface area contributed by atoms with E-state index in [0.29, 0.717) is 19.6 Å². The molecule has 7 heteroatoms. The van der Waals surface area contributed by atoms with Crippen LogP contribution < -0.4 is 16.6 Å². The quantitative estimate of drug-likeness (QED) is 0.244. The average molecular weight is 258 g/mol. The molecule has 0 aliphatic heterocycles. The molecule has 5 nitrogen and oxygen atoms in total. The lowest BCUT2D eigenvalue weighted by Crippen LogP contribution is -2.36. The number of ether oxygens (including phenoxy) is 1. The highest BCUT2D eigenvalue weighted by molar-refractivity contribution is 5.93. The van der Waals surface area contributed by atoms with Crippen molar-refractivity contribution in [2.24, 2.45) is 10.8 Å². The van der Waals surface area contributed by atoms with Gasteiger partial charge in [-0.15, -0.1) is 0 Å². The minimum Gasteiger partial charge on any atom is -0.385 e. The van der Waals surface area contributed by atoms with E-state index >= 15 is 0 Å². The first-order chi connectivity index (χ1) is 8.69. The second-order valence-corrected chi connectivity index (χ2v) is 3.45. The van der Waals surface area contributed by atoms with Gasteiger partial charge in [0.05, 0.1) is 5.69 Å². The van der Waals surface area contributed by atoms with E-state index in [2.05, 4.69) is 15.7 Å². The lowest BCUT2D eigenvalue weighted by molar-refractivity contribution is 0.197. The first-order valence-corrected chi connectivity index (χ1v) is 5.40. The van der Waals surface area contributed by atoms with Gasteiger partial charge in [-0.1, -0.05) is 6.07 Å². The van der Waals surface area contributed by atoms with Gasteiger partial charge in [0.15, 0.2) is 11.6 Å². The van der Waals surface area contributed by atoms with Crippen LogP contribution in [0.15, 0.2) is 23.2 Å². The van der Waals surface area contributed by atoms with Gasteiger partial charge in [-0.05, 0) is 18.6 Å². The van der Waals surface area contributed by atoms with Crippen molar-refractivity contribution in [2.75, 3.05) is 25.6 Å². The topological polar surface area (TPSA) is 71.7 Å². The molecule has 0 saturated heterocycles. The molecule has 0 aromatic heterocycles. The van der Waals surface area contributed by atoms with E-state index in [-0.39, 0.29) is 11.6 Å². The Bertz CT molecular complexity index is 412. The van der Waals surface area contributed by atoms with Crippen LogP contribution in [0.25, 0.3) is 0 Å². The minimum absolute atomic E-state index is 0.0292. The van der Waals surface area contributed by atoms with Gasteiger partial charge in [0.1, 0.15) is 0 Å². The van der Waals surface area contributed by atoms with Crippen LogP contribution in [0.5, 0.6) is 0 Å². The van der Waals surface area contributed by atoms with Crippen LogP contribution in [0.2, 0.25) is 0 Å². The average Bonchev–Trinajstić information content (AvgIpc) is 2.38. The lowest BCUT2D eigenvalue weighted by atomic mass is 10.3. The Morgan fingerprint density at radius 1 is 1.44 bits per heavy atom. The van der Waals surface area contributed by atoms with Crippen LogP contribution in [-0.2, 0) is 4.74 Å². The number of nitrogens with zero attached hydrogens (tertiary/aromatic N) is 1. The summed E-state index contributed by atoms with van der Waals surface area (Å²) in [7, 11) is 1.59. The molecule has 0 unspecified atom stereocenters. The smallest absolute Gasteiger partial charge is 0.210 e. The summed E-state index contributed by atoms with van der Waals surface area (Å²) in [6.45, 7) is 1.02. The van der Waals surface area contributed by atoms with Crippen LogP contribution in [0.1, 0.15) is 6.42 Å². The first kappa shape index (κ1) is 14.3. The van der Waals surface area contributed by atoms with Crippen molar-refractivity contribution in [3.8, 4) is 0 Å². The number of methoxy groups -OCH3 is 1. The molecule has 0 fully saturated rings. The summed E-state index contributed by atoms with van der Waals surface area (Å²) in [6, 6.07) is 3.81. The molecule has 4 N–H and O–H groups in total. The summed E-state index contributed by atoms with van der Waals surface area (Å²) in [4.78, 5) is 4.05. The maximum Gasteiger partial charge on any atom is 0.210 e. The first-order valence-electron chi connectivity index (χ1n) is 5.40. The Morgan fingerprint density at radius 3 is 2.89 bits per heavy atom. The van der Waals surface area contributed by atoms with Crippen molar-refractivity contribution < 1.29 is 13.5 Å². The summed E-state index contributed by atoms with van der Waals surface area (Å²) in [5.74, 6) is 3.49. The second kappa shape index (κ2) is 7.57. The SMILES string of the molecule is COCCCN=C(NN)Nc1cccc(F)c1F. The largest absolute Gasteiger partial charge is 0.385 e. The van der Waals surface area contributed by atoms with Gasteiger partial charge >= 0.3 is 0 Å². The summed E-state index contributed by atoms with van der Waals surface area (Å²) >= 11 is 0. The highest BCUT2D eigenvalue weighted by atomic mass is 19.2. The molecule has 0 aliphatic carbocycles. The summed E-state index contributed by atoms with van der Waals surface area (Å²) in [5, 5.41) is 2.57. The molecule has 0 radical (unpaired) electrons. The zero-order chi connectivity index (χ0) is 13.4. The Kier molecular flexibility index (Phi) is 6.03. The van der Waals surface area contributed by atoms with Crippen LogP contribution in [0.4, 0.5) is 14.5 Å². The number of hydrogen-bond donors (Lipinski definition) is 3. The minimum atomic E-state index is -0.975. The summed E-state index contributed by atoms with van der Waals surface area (Å²) < 4.78 is 31.2. The van der Waals surface area contributed by atoms with Gasteiger partial charge in [-0.25, -0.2) is 14.6 Å². The monoisotopic (exact) mass is 258 g/mol. The van der Waals surface area contributed by atoms with Crippen molar-refractivity contribution in [2.45, 2.75) is 6.42 Å². The van der Waals surface area contributed by atoms with Crippen molar-refractivity contribution in [3.05, 3.63) is 29.8 Å². The number of rotatable bonds is 5. The van der Waals surface area contributed by atoms with Crippen LogP contribution in [0.3, 0.4) is 0 Å². The third-order valence-electron chi connectivity index (χ3n) is 2.12. The second-order valence-electron chi connectivity index (χ2n) is 3.45. The molecule has 0 bridgehead atoms.